The topological polar surface area (TPSA) is 55.4 Å². The molecule has 0 saturated heterocycles. The fourth-order valence-corrected chi connectivity index (χ4v) is 3.10. The van der Waals surface area contributed by atoms with Crippen LogP contribution in [0.4, 0.5) is 10.1 Å². The first-order chi connectivity index (χ1) is 11.7. The zero-order chi connectivity index (χ0) is 20.3. The van der Waals surface area contributed by atoms with E-state index >= 15 is 0 Å². The number of rotatable bonds is 5. The van der Waals surface area contributed by atoms with Crippen molar-refractivity contribution in [3.8, 4) is 0 Å². The summed E-state index contributed by atoms with van der Waals surface area (Å²) in [5, 5.41) is 2.27. The standard InChI is InChI=1S/C19H27ClFNO3S/c1-8-14(16(23)25-19(5,6)7)26-15-10-13(12(21)9-11(15)20)22-17(24)18(2,3)4/h9-10,14H,8H2,1-7H3,(H,22,24). The molecule has 0 aromatic heterocycles. The first-order valence-electron chi connectivity index (χ1n) is 8.44. The van der Waals surface area contributed by atoms with Crippen molar-refractivity contribution in [3.05, 3.63) is 23.0 Å². The van der Waals surface area contributed by atoms with Gasteiger partial charge < -0.3 is 10.1 Å². The van der Waals surface area contributed by atoms with E-state index in [1.807, 2.05) is 6.92 Å². The molecule has 1 aromatic carbocycles. The number of anilines is 1. The Labute approximate surface area is 164 Å². The third-order valence-electron chi connectivity index (χ3n) is 3.26. The van der Waals surface area contributed by atoms with Crippen LogP contribution in [0, 0.1) is 11.2 Å². The van der Waals surface area contributed by atoms with Crippen molar-refractivity contribution >= 4 is 40.9 Å². The molecule has 1 N–H and O–H groups in total. The van der Waals surface area contributed by atoms with E-state index in [0.29, 0.717) is 11.3 Å². The average molecular weight is 404 g/mol. The molecule has 1 amide bonds. The number of nitrogens with one attached hydrogen (secondary N) is 1. The van der Waals surface area contributed by atoms with Crippen molar-refractivity contribution in [2.24, 2.45) is 5.41 Å². The molecule has 0 aliphatic heterocycles. The minimum absolute atomic E-state index is 0.0378. The van der Waals surface area contributed by atoms with Gasteiger partial charge in [0.05, 0.1) is 10.7 Å². The molecule has 0 bridgehead atoms. The molecular formula is C19H27ClFNO3S. The van der Waals surface area contributed by atoms with Gasteiger partial charge in [0, 0.05) is 10.3 Å². The Morgan fingerprint density at radius 2 is 1.81 bits per heavy atom. The predicted octanol–water partition coefficient (Wildman–Crippen LogP) is 5.68. The van der Waals surface area contributed by atoms with Gasteiger partial charge in [-0.25, -0.2) is 4.39 Å². The molecule has 1 atom stereocenters. The van der Waals surface area contributed by atoms with Crippen molar-refractivity contribution < 1.29 is 18.7 Å². The Hall–Kier alpha value is -1.27. The van der Waals surface area contributed by atoms with Gasteiger partial charge in [0.25, 0.3) is 0 Å². The lowest BCUT2D eigenvalue weighted by Crippen LogP contribution is -2.30. The van der Waals surface area contributed by atoms with E-state index in [2.05, 4.69) is 5.32 Å². The van der Waals surface area contributed by atoms with E-state index in [9.17, 15) is 14.0 Å². The second-order valence-corrected chi connectivity index (χ2v) is 9.67. The third-order valence-corrected chi connectivity index (χ3v) is 5.09. The molecule has 0 heterocycles. The van der Waals surface area contributed by atoms with Crippen LogP contribution in [0.5, 0.6) is 0 Å². The summed E-state index contributed by atoms with van der Waals surface area (Å²) in [7, 11) is 0. The van der Waals surface area contributed by atoms with Crippen LogP contribution in [0.15, 0.2) is 17.0 Å². The molecule has 0 aliphatic rings. The molecule has 1 rings (SSSR count). The number of benzene rings is 1. The summed E-state index contributed by atoms with van der Waals surface area (Å²) in [5.74, 6) is -1.29. The van der Waals surface area contributed by atoms with Crippen LogP contribution < -0.4 is 5.32 Å². The van der Waals surface area contributed by atoms with E-state index in [1.54, 1.807) is 41.5 Å². The third kappa shape index (κ3) is 6.80. The first-order valence-corrected chi connectivity index (χ1v) is 9.70. The number of halogens is 2. The van der Waals surface area contributed by atoms with Gasteiger partial charge in [-0.3, -0.25) is 9.59 Å². The number of hydrogen-bond acceptors (Lipinski definition) is 4. The highest BCUT2D eigenvalue weighted by molar-refractivity contribution is 8.00. The average Bonchev–Trinajstić information content (AvgIpc) is 2.45. The van der Waals surface area contributed by atoms with Gasteiger partial charge in [0.2, 0.25) is 5.91 Å². The second kappa shape index (κ2) is 8.61. The summed E-state index contributed by atoms with van der Waals surface area (Å²) >= 11 is 7.34. The number of carbonyl (C=O) groups excluding carboxylic acids is 2. The van der Waals surface area contributed by atoms with Crippen LogP contribution in [-0.2, 0) is 14.3 Å². The fourth-order valence-electron chi connectivity index (χ4n) is 1.84. The van der Waals surface area contributed by atoms with Crippen molar-refractivity contribution in [2.75, 3.05) is 5.32 Å². The fraction of sp³-hybridized carbons (Fsp3) is 0.579. The van der Waals surface area contributed by atoms with Gasteiger partial charge in [-0.2, -0.15) is 0 Å². The van der Waals surface area contributed by atoms with Crippen LogP contribution in [-0.4, -0.2) is 22.7 Å². The first kappa shape index (κ1) is 22.8. The van der Waals surface area contributed by atoms with Gasteiger partial charge in [0.15, 0.2) is 0 Å². The van der Waals surface area contributed by atoms with Crippen LogP contribution >= 0.6 is 23.4 Å². The molecule has 4 nitrogen and oxygen atoms in total. The van der Waals surface area contributed by atoms with Gasteiger partial charge in [-0.05, 0) is 39.3 Å². The molecule has 1 aromatic rings. The summed E-state index contributed by atoms with van der Waals surface area (Å²) in [5.41, 5.74) is -1.22. The van der Waals surface area contributed by atoms with Gasteiger partial charge in [-0.15, -0.1) is 11.8 Å². The summed E-state index contributed by atoms with van der Waals surface area (Å²) in [4.78, 5) is 25.0. The molecule has 0 aliphatic carbocycles. The molecule has 0 fully saturated rings. The van der Waals surface area contributed by atoms with E-state index in [0.717, 1.165) is 6.07 Å². The molecule has 0 spiro atoms. The largest absolute Gasteiger partial charge is 0.459 e. The summed E-state index contributed by atoms with van der Waals surface area (Å²) < 4.78 is 19.6. The number of carbonyl (C=O) groups is 2. The summed E-state index contributed by atoms with van der Waals surface area (Å²) in [6.45, 7) is 12.5. The lowest BCUT2D eigenvalue weighted by atomic mass is 9.95. The van der Waals surface area contributed by atoms with Gasteiger partial charge in [-0.1, -0.05) is 39.3 Å². The van der Waals surface area contributed by atoms with Gasteiger partial charge >= 0.3 is 5.97 Å². The summed E-state index contributed by atoms with van der Waals surface area (Å²) in [6, 6.07) is 2.60. The Bertz CT molecular complexity index is 681. The zero-order valence-electron chi connectivity index (χ0n) is 16.3. The minimum atomic E-state index is -0.665. The Kier molecular flexibility index (Phi) is 7.54. The molecule has 146 valence electrons. The second-order valence-electron chi connectivity index (χ2n) is 8.01. The van der Waals surface area contributed by atoms with E-state index in [4.69, 9.17) is 16.3 Å². The number of ether oxygens (including phenoxy) is 1. The normalized spacial score (nSPS) is 13.3. The number of esters is 1. The van der Waals surface area contributed by atoms with Crippen molar-refractivity contribution in [3.63, 3.8) is 0 Å². The maximum absolute atomic E-state index is 14.2. The van der Waals surface area contributed by atoms with E-state index < -0.39 is 22.1 Å². The lowest BCUT2D eigenvalue weighted by molar-refractivity contribution is -0.154. The van der Waals surface area contributed by atoms with Crippen molar-refractivity contribution in [1.29, 1.82) is 0 Å². The quantitative estimate of drug-likeness (QED) is 0.507. The molecule has 26 heavy (non-hydrogen) atoms. The predicted molar refractivity (Wildman–Crippen MR) is 105 cm³/mol. The Morgan fingerprint density at radius 1 is 1.23 bits per heavy atom. The molecular weight excluding hydrogens is 377 g/mol. The lowest BCUT2D eigenvalue weighted by Gasteiger charge is -2.23. The zero-order valence-corrected chi connectivity index (χ0v) is 17.9. The van der Waals surface area contributed by atoms with E-state index in [-0.39, 0.29) is 22.6 Å². The van der Waals surface area contributed by atoms with E-state index in [1.165, 1.54) is 17.8 Å². The Morgan fingerprint density at radius 3 is 2.27 bits per heavy atom. The number of thioether (sulfide) groups is 1. The van der Waals surface area contributed by atoms with Crippen molar-refractivity contribution in [2.45, 2.75) is 70.6 Å². The molecule has 1 unspecified atom stereocenters. The van der Waals surface area contributed by atoms with Crippen LogP contribution in [0.2, 0.25) is 5.02 Å². The number of hydrogen-bond donors (Lipinski definition) is 1. The maximum Gasteiger partial charge on any atom is 0.319 e. The summed E-state index contributed by atoms with van der Waals surface area (Å²) in [6.07, 6.45) is 0.525. The molecule has 0 saturated carbocycles. The molecule has 7 heteroatoms. The number of amides is 1. The smallest absolute Gasteiger partial charge is 0.319 e. The van der Waals surface area contributed by atoms with Crippen LogP contribution in [0.3, 0.4) is 0 Å². The van der Waals surface area contributed by atoms with Crippen LogP contribution in [0.25, 0.3) is 0 Å². The highest BCUT2D eigenvalue weighted by atomic mass is 35.5. The monoisotopic (exact) mass is 403 g/mol. The molecule has 0 radical (unpaired) electrons. The highest BCUT2D eigenvalue weighted by Gasteiger charge is 2.27. The van der Waals surface area contributed by atoms with Gasteiger partial charge in [0.1, 0.15) is 16.7 Å². The minimum Gasteiger partial charge on any atom is -0.459 e. The highest BCUT2D eigenvalue weighted by Crippen LogP contribution is 2.36. The SMILES string of the molecule is CCC(Sc1cc(NC(=O)C(C)(C)C)c(F)cc1Cl)C(=O)OC(C)(C)C. The maximum atomic E-state index is 14.2. The van der Waals surface area contributed by atoms with Crippen molar-refractivity contribution in [1.82, 2.24) is 0 Å². The Balaban J connectivity index is 3.07. The van der Waals surface area contributed by atoms with Crippen LogP contribution in [0.1, 0.15) is 54.9 Å².